The van der Waals surface area contributed by atoms with E-state index >= 15 is 0 Å². The van der Waals surface area contributed by atoms with Gasteiger partial charge in [0, 0.05) is 16.6 Å². The molecular formula is C9H7Cl2N. The Labute approximate surface area is 80.3 Å². The summed E-state index contributed by atoms with van der Waals surface area (Å²) in [5, 5.41) is 2.53. The maximum absolute atomic E-state index is 5.93. The van der Waals surface area contributed by atoms with Crippen LogP contribution >= 0.6 is 23.2 Å². The number of aryl methyl sites for hydroxylation is 1. The standard InChI is InChI=1S/C9H7Cl2N/c1-5-7(10)3-2-6-8(11)4-12-9(5)6/h2-4,12H,1H3. The summed E-state index contributed by atoms with van der Waals surface area (Å²) >= 11 is 11.9. The van der Waals surface area contributed by atoms with Crippen LogP contribution in [0.2, 0.25) is 10.0 Å². The van der Waals surface area contributed by atoms with E-state index < -0.39 is 0 Å². The van der Waals surface area contributed by atoms with Gasteiger partial charge in [-0.1, -0.05) is 23.2 Å². The minimum absolute atomic E-state index is 0.741. The zero-order valence-electron chi connectivity index (χ0n) is 6.49. The minimum atomic E-state index is 0.741. The molecule has 0 saturated heterocycles. The van der Waals surface area contributed by atoms with Crippen molar-refractivity contribution in [3.63, 3.8) is 0 Å². The lowest BCUT2D eigenvalue weighted by Gasteiger charge is -1.98. The lowest BCUT2D eigenvalue weighted by molar-refractivity contribution is 1.42. The van der Waals surface area contributed by atoms with Gasteiger partial charge >= 0.3 is 0 Å². The summed E-state index contributed by atoms with van der Waals surface area (Å²) in [6.45, 7) is 1.97. The highest BCUT2D eigenvalue weighted by molar-refractivity contribution is 6.36. The first kappa shape index (κ1) is 7.96. The summed E-state index contributed by atoms with van der Waals surface area (Å²) in [6.07, 6.45) is 1.77. The zero-order valence-corrected chi connectivity index (χ0v) is 8.00. The Balaban J connectivity index is 2.93. The predicted octanol–water partition coefficient (Wildman–Crippen LogP) is 3.78. The van der Waals surface area contributed by atoms with Crippen molar-refractivity contribution in [2.24, 2.45) is 0 Å². The van der Waals surface area contributed by atoms with Crippen LogP contribution in [0.4, 0.5) is 0 Å². The lowest BCUT2D eigenvalue weighted by Crippen LogP contribution is -1.77. The molecule has 1 nitrogen and oxygen atoms in total. The molecule has 1 aromatic carbocycles. The van der Waals surface area contributed by atoms with Crippen LogP contribution in [-0.2, 0) is 0 Å². The molecule has 1 aromatic heterocycles. The minimum Gasteiger partial charge on any atom is -0.359 e. The molecule has 0 saturated carbocycles. The molecule has 0 amide bonds. The number of hydrogen-bond donors (Lipinski definition) is 1. The second-order valence-corrected chi connectivity index (χ2v) is 3.55. The molecule has 2 rings (SSSR count). The van der Waals surface area contributed by atoms with Crippen molar-refractivity contribution in [1.82, 2.24) is 4.98 Å². The molecule has 0 spiro atoms. The predicted molar refractivity (Wildman–Crippen MR) is 53.1 cm³/mol. The lowest BCUT2D eigenvalue weighted by atomic mass is 10.2. The number of aromatic nitrogens is 1. The Bertz CT molecular complexity index is 431. The van der Waals surface area contributed by atoms with Crippen molar-refractivity contribution in [3.8, 4) is 0 Å². The quantitative estimate of drug-likeness (QED) is 0.665. The van der Waals surface area contributed by atoms with E-state index in [9.17, 15) is 0 Å². The molecule has 0 aliphatic heterocycles. The molecule has 0 fully saturated rings. The zero-order chi connectivity index (χ0) is 8.72. The molecule has 0 bridgehead atoms. The molecule has 3 heteroatoms. The first-order valence-corrected chi connectivity index (χ1v) is 4.37. The highest BCUT2D eigenvalue weighted by atomic mass is 35.5. The Morgan fingerprint density at radius 2 is 1.92 bits per heavy atom. The SMILES string of the molecule is Cc1c(Cl)ccc2c(Cl)c[nH]c12. The van der Waals surface area contributed by atoms with Crippen molar-refractivity contribution >= 4 is 34.1 Å². The summed E-state index contributed by atoms with van der Waals surface area (Å²) < 4.78 is 0. The second-order valence-electron chi connectivity index (χ2n) is 2.73. The molecule has 12 heavy (non-hydrogen) atoms. The van der Waals surface area contributed by atoms with Gasteiger partial charge < -0.3 is 4.98 Å². The average Bonchev–Trinajstić information content (AvgIpc) is 2.41. The van der Waals surface area contributed by atoms with Gasteiger partial charge in [0.15, 0.2) is 0 Å². The Morgan fingerprint density at radius 3 is 2.67 bits per heavy atom. The van der Waals surface area contributed by atoms with E-state index in [4.69, 9.17) is 23.2 Å². The van der Waals surface area contributed by atoms with Gasteiger partial charge in [0.2, 0.25) is 0 Å². The fourth-order valence-electron chi connectivity index (χ4n) is 1.28. The van der Waals surface area contributed by atoms with Crippen LogP contribution in [0.15, 0.2) is 18.3 Å². The normalized spacial score (nSPS) is 10.9. The van der Waals surface area contributed by atoms with Gasteiger partial charge in [-0.05, 0) is 24.6 Å². The number of rotatable bonds is 0. The Hall–Kier alpha value is -0.660. The number of halogens is 2. The highest BCUT2D eigenvalue weighted by Gasteiger charge is 2.05. The van der Waals surface area contributed by atoms with Crippen molar-refractivity contribution in [3.05, 3.63) is 33.9 Å². The van der Waals surface area contributed by atoms with Gasteiger partial charge in [0.1, 0.15) is 0 Å². The molecule has 0 aliphatic carbocycles. The van der Waals surface area contributed by atoms with E-state index in [0.29, 0.717) is 0 Å². The number of aromatic amines is 1. The fourth-order valence-corrected chi connectivity index (χ4v) is 1.65. The van der Waals surface area contributed by atoms with Crippen LogP contribution in [0.5, 0.6) is 0 Å². The van der Waals surface area contributed by atoms with Crippen LogP contribution < -0.4 is 0 Å². The smallest absolute Gasteiger partial charge is 0.0659 e. The summed E-state index contributed by atoms with van der Waals surface area (Å²) in [4.78, 5) is 3.08. The average molecular weight is 200 g/mol. The third kappa shape index (κ3) is 1.01. The third-order valence-electron chi connectivity index (χ3n) is 2.00. The van der Waals surface area contributed by atoms with Gasteiger partial charge in [-0.15, -0.1) is 0 Å². The van der Waals surface area contributed by atoms with Crippen molar-refractivity contribution in [1.29, 1.82) is 0 Å². The van der Waals surface area contributed by atoms with Gasteiger partial charge in [-0.2, -0.15) is 0 Å². The maximum Gasteiger partial charge on any atom is 0.0659 e. The van der Waals surface area contributed by atoms with Crippen LogP contribution in [0.1, 0.15) is 5.56 Å². The summed E-state index contributed by atoms with van der Waals surface area (Å²) in [6, 6.07) is 3.78. The van der Waals surface area contributed by atoms with Gasteiger partial charge in [0.05, 0.1) is 10.5 Å². The van der Waals surface area contributed by atoms with E-state index in [1.165, 1.54) is 0 Å². The molecule has 0 unspecified atom stereocenters. The molecule has 0 aliphatic rings. The van der Waals surface area contributed by atoms with E-state index in [1.54, 1.807) is 6.20 Å². The van der Waals surface area contributed by atoms with Crippen molar-refractivity contribution in [2.75, 3.05) is 0 Å². The van der Waals surface area contributed by atoms with Crippen molar-refractivity contribution in [2.45, 2.75) is 6.92 Å². The Kier molecular flexibility index (Phi) is 1.78. The molecular weight excluding hydrogens is 193 g/mol. The van der Waals surface area contributed by atoms with Crippen LogP contribution in [0.25, 0.3) is 10.9 Å². The van der Waals surface area contributed by atoms with Gasteiger partial charge in [0.25, 0.3) is 0 Å². The van der Waals surface area contributed by atoms with Crippen LogP contribution in [0, 0.1) is 6.92 Å². The number of hydrogen-bond acceptors (Lipinski definition) is 0. The molecule has 62 valence electrons. The largest absolute Gasteiger partial charge is 0.359 e. The number of nitrogens with one attached hydrogen (secondary N) is 1. The fraction of sp³-hybridized carbons (Fsp3) is 0.111. The summed E-state index contributed by atoms with van der Waals surface area (Å²) in [5.74, 6) is 0. The van der Waals surface area contributed by atoms with E-state index in [2.05, 4.69) is 4.98 Å². The van der Waals surface area contributed by atoms with E-state index in [-0.39, 0.29) is 0 Å². The van der Waals surface area contributed by atoms with E-state index in [0.717, 1.165) is 26.5 Å². The summed E-state index contributed by atoms with van der Waals surface area (Å²) in [7, 11) is 0. The van der Waals surface area contributed by atoms with Crippen molar-refractivity contribution < 1.29 is 0 Å². The second kappa shape index (κ2) is 2.68. The summed E-state index contributed by atoms with van der Waals surface area (Å²) in [5.41, 5.74) is 2.06. The van der Waals surface area contributed by atoms with Gasteiger partial charge in [-0.3, -0.25) is 0 Å². The monoisotopic (exact) mass is 199 g/mol. The third-order valence-corrected chi connectivity index (χ3v) is 2.72. The van der Waals surface area contributed by atoms with E-state index in [1.807, 2.05) is 19.1 Å². The first-order chi connectivity index (χ1) is 5.70. The van der Waals surface area contributed by atoms with Crippen LogP contribution in [-0.4, -0.2) is 4.98 Å². The molecule has 1 N–H and O–H groups in total. The molecule has 1 heterocycles. The molecule has 2 aromatic rings. The van der Waals surface area contributed by atoms with Crippen LogP contribution in [0.3, 0.4) is 0 Å². The topological polar surface area (TPSA) is 15.8 Å². The first-order valence-electron chi connectivity index (χ1n) is 3.62. The Morgan fingerprint density at radius 1 is 1.17 bits per heavy atom. The molecule has 0 radical (unpaired) electrons. The number of fused-ring (bicyclic) bond motifs is 1. The highest BCUT2D eigenvalue weighted by Crippen LogP contribution is 2.29. The number of benzene rings is 1. The number of H-pyrrole nitrogens is 1. The molecule has 0 atom stereocenters. The van der Waals surface area contributed by atoms with Gasteiger partial charge in [-0.25, -0.2) is 0 Å². The maximum atomic E-state index is 5.93.